The van der Waals surface area contributed by atoms with Crippen LogP contribution in [0.25, 0.3) is 0 Å². The second-order valence-electron chi connectivity index (χ2n) is 9.43. The van der Waals surface area contributed by atoms with E-state index in [9.17, 15) is 5.11 Å². The maximum Gasteiger partial charge on any atom is 0.207 e. The summed E-state index contributed by atoms with van der Waals surface area (Å²) in [5, 5.41) is 12.2. The molecule has 2 saturated heterocycles. The molecule has 6 heteroatoms. The molecule has 3 heterocycles. The predicted molar refractivity (Wildman–Crippen MR) is 102 cm³/mol. The molecule has 4 unspecified atom stereocenters. The van der Waals surface area contributed by atoms with Gasteiger partial charge in [-0.25, -0.2) is 0 Å². The van der Waals surface area contributed by atoms with Gasteiger partial charge in [-0.15, -0.1) is 0 Å². The van der Waals surface area contributed by atoms with Crippen molar-refractivity contribution >= 4 is 0 Å². The number of aliphatic hydroxyl groups is 1. The number of likely N-dealkylation sites (tertiary alicyclic amines) is 1. The van der Waals surface area contributed by atoms with E-state index in [1.807, 2.05) is 6.07 Å². The third kappa shape index (κ3) is 1.72. The van der Waals surface area contributed by atoms with Crippen molar-refractivity contribution in [3.8, 4) is 11.5 Å². The number of methoxy groups -OCH3 is 1. The van der Waals surface area contributed by atoms with Crippen molar-refractivity contribution in [2.75, 3.05) is 20.7 Å². The maximum atomic E-state index is 12.2. The van der Waals surface area contributed by atoms with Gasteiger partial charge in [0.05, 0.1) is 30.3 Å². The van der Waals surface area contributed by atoms with Crippen LogP contribution in [0.15, 0.2) is 12.1 Å². The van der Waals surface area contributed by atoms with E-state index >= 15 is 0 Å². The molecular formula is C22H29NO5. The van der Waals surface area contributed by atoms with Gasteiger partial charge in [-0.3, -0.25) is 0 Å². The number of hydrogen-bond donors (Lipinski definition) is 1. The Hall–Kier alpha value is -1.34. The molecule has 2 aliphatic carbocycles. The molecule has 1 aromatic rings. The molecule has 3 fully saturated rings. The topological polar surface area (TPSA) is 60.4 Å². The van der Waals surface area contributed by atoms with Crippen LogP contribution in [0.5, 0.6) is 11.5 Å². The molecule has 28 heavy (non-hydrogen) atoms. The second-order valence-corrected chi connectivity index (χ2v) is 9.43. The van der Waals surface area contributed by atoms with E-state index < -0.39 is 16.8 Å². The molecule has 6 atom stereocenters. The van der Waals surface area contributed by atoms with Gasteiger partial charge in [0.1, 0.15) is 0 Å². The highest BCUT2D eigenvalue weighted by atomic mass is 16.8. The number of hydrogen-bond acceptors (Lipinski definition) is 6. The zero-order valence-electron chi connectivity index (χ0n) is 17.0. The van der Waals surface area contributed by atoms with Crippen molar-refractivity contribution in [2.24, 2.45) is 0 Å². The normalized spacial score (nSPS) is 48.5. The average Bonchev–Trinajstić information content (AvgIpc) is 3.17. The lowest BCUT2D eigenvalue weighted by atomic mass is 9.48. The SMILES string of the molecule is COc1ccc2c3c1OC1C4(CCC5(O)[C@@H](C2)N(C)CC[C@]315)OC(C)C(C)O4. The molecule has 0 aromatic heterocycles. The number of ether oxygens (including phenoxy) is 4. The highest BCUT2D eigenvalue weighted by Gasteiger charge is 2.77. The summed E-state index contributed by atoms with van der Waals surface area (Å²) in [4.78, 5) is 2.33. The van der Waals surface area contributed by atoms with Gasteiger partial charge in [0.2, 0.25) is 5.79 Å². The van der Waals surface area contributed by atoms with Gasteiger partial charge in [-0.1, -0.05) is 6.07 Å². The first kappa shape index (κ1) is 17.5. The summed E-state index contributed by atoms with van der Waals surface area (Å²) in [6.45, 7) is 5.04. The number of nitrogens with zero attached hydrogens (tertiary/aromatic N) is 1. The highest BCUT2D eigenvalue weighted by molar-refractivity contribution is 5.63. The standard InChI is InChI=1S/C22H29NO5/c1-12-13(2)28-22(27-12)8-7-21(24)16-11-14-5-6-15(25-4)18-17(14)20(21,19(22)26-18)9-10-23(16)3/h5-6,12-13,16,19,24H,7-11H2,1-4H3/t12?,13?,16-,19?,20+,21?,22?/m1/s1. The van der Waals surface area contributed by atoms with E-state index in [4.69, 9.17) is 18.9 Å². The lowest BCUT2D eigenvalue weighted by molar-refractivity contribution is -0.302. The predicted octanol–water partition coefficient (Wildman–Crippen LogP) is 2.00. The zero-order chi connectivity index (χ0) is 19.5. The number of likely N-dealkylation sites (N-methyl/N-ethyl adjacent to an activating group) is 1. The first-order valence-electron chi connectivity index (χ1n) is 10.5. The molecule has 1 N–H and O–H groups in total. The van der Waals surface area contributed by atoms with E-state index in [1.165, 1.54) is 5.56 Å². The van der Waals surface area contributed by atoms with Gasteiger partial charge in [-0.2, -0.15) is 0 Å². The van der Waals surface area contributed by atoms with Crippen LogP contribution in [0.1, 0.15) is 44.2 Å². The Morgan fingerprint density at radius 2 is 1.89 bits per heavy atom. The Morgan fingerprint density at radius 1 is 1.14 bits per heavy atom. The van der Waals surface area contributed by atoms with Gasteiger partial charge >= 0.3 is 0 Å². The van der Waals surface area contributed by atoms with Gasteiger partial charge < -0.3 is 29.0 Å². The van der Waals surface area contributed by atoms with Crippen LogP contribution in [0.3, 0.4) is 0 Å². The fourth-order valence-electron chi connectivity index (χ4n) is 6.95. The monoisotopic (exact) mass is 387 g/mol. The van der Waals surface area contributed by atoms with Crippen molar-refractivity contribution in [3.05, 3.63) is 23.3 Å². The van der Waals surface area contributed by atoms with E-state index in [1.54, 1.807) is 7.11 Å². The fourth-order valence-corrected chi connectivity index (χ4v) is 6.95. The Balaban J connectivity index is 1.62. The second kappa shape index (κ2) is 5.22. The number of rotatable bonds is 1. The van der Waals surface area contributed by atoms with Crippen LogP contribution in [0.2, 0.25) is 0 Å². The molecule has 2 bridgehead atoms. The van der Waals surface area contributed by atoms with E-state index in [0.717, 1.165) is 36.4 Å². The third-order valence-electron chi connectivity index (χ3n) is 8.37. The Bertz CT molecular complexity index is 848. The number of fused-ring (bicyclic) bond motifs is 1. The molecule has 152 valence electrons. The van der Waals surface area contributed by atoms with Crippen LogP contribution >= 0.6 is 0 Å². The number of benzene rings is 1. The van der Waals surface area contributed by atoms with Crippen LogP contribution in [-0.2, 0) is 21.3 Å². The molecule has 6 nitrogen and oxygen atoms in total. The minimum Gasteiger partial charge on any atom is -0.493 e. The lowest BCUT2D eigenvalue weighted by Gasteiger charge is -2.64. The van der Waals surface area contributed by atoms with E-state index in [-0.39, 0.29) is 24.4 Å². The summed E-state index contributed by atoms with van der Waals surface area (Å²) >= 11 is 0. The van der Waals surface area contributed by atoms with Crippen LogP contribution in [-0.4, -0.2) is 66.5 Å². The van der Waals surface area contributed by atoms with Crippen LogP contribution < -0.4 is 9.47 Å². The summed E-state index contributed by atoms with van der Waals surface area (Å²) in [5.41, 5.74) is 1.02. The van der Waals surface area contributed by atoms with Crippen molar-refractivity contribution in [1.29, 1.82) is 0 Å². The summed E-state index contributed by atoms with van der Waals surface area (Å²) in [6, 6.07) is 4.23. The van der Waals surface area contributed by atoms with E-state index in [2.05, 4.69) is 31.9 Å². The van der Waals surface area contributed by atoms with E-state index in [0.29, 0.717) is 12.8 Å². The number of piperidine rings is 1. The zero-order valence-corrected chi connectivity index (χ0v) is 17.0. The van der Waals surface area contributed by atoms with Gasteiger partial charge in [0.15, 0.2) is 17.6 Å². The molecule has 1 aromatic carbocycles. The smallest absolute Gasteiger partial charge is 0.207 e. The first-order chi connectivity index (χ1) is 13.4. The summed E-state index contributed by atoms with van der Waals surface area (Å²) in [7, 11) is 3.81. The van der Waals surface area contributed by atoms with Crippen molar-refractivity contribution in [3.63, 3.8) is 0 Å². The quantitative estimate of drug-likeness (QED) is 0.795. The van der Waals surface area contributed by atoms with Crippen molar-refractivity contribution in [1.82, 2.24) is 4.90 Å². The molecular weight excluding hydrogens is 358 g/mol. The molecule has 3 aliphatic heterocycles. The molecule has 1 saturated carbocycles. The van der Waals surface area contributed by atoms with Crippen molar-refractivity contribution < 1.29 is 24.1 Å². The lowest BCUT2D eigenvalue weighted by Crippen LogP contribution is -2.79. The van der Waals surface area contributed by atoms with Gasteiger partial charge in [0, 0.05) is 18.0 Å². The molecule has 5 aliphatic rings. The third-order valence-corrected chi connectivity index (χ3v) is 8.37. The molecule has 0 amide bonds. The maximum absolute atomic E-state index is 12.2. The summed E-state index contributed by atoms with van der Waals surface area (Å²) < 4.78 is 25.3. The largest absolute Gasteiger partial charge is 0.493 e. The highest BCUT2D eigenvalue weighted by Crippen LogP contribution is 2.68. The van der Waals surface area contributed by atoms with Gasteiger partial charge in [-0.05, 0) is 58.3 Å². The Morgan fingerprint density at radius 3 is 2.61 bits per heavy atom. The summed E-state index contributed by atoms with van der Waals surface area (Å²) in [6.07, 6.45) is 2.58. The first-order valence-corrected chi connectivity index (χ1v) is 10.5. The minimum absolute atomic E-state index is 0.00178. The van der Waals surface area contributed by atoms with Gasteiger partial charge in [0.25, 0.3) is 0 Å². The molecule has 0 radical (unpaired) electrons. The summed E-state index contributed by atoms with van der Waals surface area (Å²) in [5.74, 6) is 0.702. The average molecular weight is 387 g/mol. The fraction of sp³-hybridized carbons (Fsp3) is 0.727. The van der Waals surface area contributed by atoms with Crippen LogP contribution in [0.4, 0.5) is 0 Å². The molecule has 2 spiro atoms. The van der Waals surface area contributed by atoms with Crippen molar-refractivity contribution in [2.45, 2.75) is 80.7 Å². The molecule has 6 rings (SSSR count). The Labute approximate surface area is 165 Å². The van der Waals surface area contributed by atoms with Crippen LogP contribution in [0, 0.1) is 0 Å². The minimum atomic E-state index is -0.859. The Kier molecular flexibility index (Phi) is 3.27.